The second kappa shape index (κ2) is 5.01. The molecule has 1 saturated carbocycles. The fourth-order valence-corrected chi connectivity index (χ4v) is 5.07. The van der Waals surface area contributed by atoms with Crippen LogP contribution < -0.4 is 0 Å². The lowest BCUT2D eigenvalue weighted by Gasteiger charge is -2.39. The van der Waals surface area contributed by atoms with Gasteiger partial charge >= 0.3 is 0 Å². The van der Waals surface area contributed by atoms with Crippen molar-refractivity contribution in [1.29, 1.82) is 0 Å². The topological polar surface area (TPSA) is 29.5 Å². The molecule has 0 aromatic rings. The smallest absolute Gasteiger partial charge is 0.223 e. The zero-order chi connectivity index (χ0) is 14.4. The highest BCUT2D eigenvalue weighted by molar-refractivity contribution is 5.77. The van der Waals surface area contributed by atoms with Crippen LogP contribution in [0.1, 0.15) is 59.3 Å². The number of carbonyl (C=O) groups excluding carboxylic acids is 1. The van der Waals surface area contributed by atoms with Crippen molar-refractivity contribution in [1.82, 2.24) is 4.90 Å². The summed E-state index contributed by atoms with van der Waals surface area (Å²) in [6, 6.07) is 0.496. The molecule has 2 aliphatic heterocycles. The van der Waals surface area contributed by atoms with E-state index in [2.05, 4.69) is 25.7 Å². The molecular formula is C17H29NO2. The van der Waals surface area contributed by atoms with Crippen LogP contribution in [0.4, 0.5) is 0 Å². The first-order valence-electron chi connectivity index (χ1n) is 8.24. The van der Waals surface area contributed by atoms with Gasteiger partial charge in [0.2, 0.25) is 5.91 Å². The van der Waals surface area contributed by atoms with Crippen molar-refractivity contribution in [2.45, 2.75) is 65.3 Å². The van der Waals surface area contributed by atoms with Crippen LogP contribution in [0.2, 0.25) is 0 Å². The molecule has 2 heterocycles. The van der Waals surface area contributed by atoms with Crippen LogP contribution in [-0.2, 0) is 9.53 Å². The number of ether oxygens (including phenoxy) is 1. The first kappa shape index (κ1) is 14.4. The van der Waals surface area contributed by atoms with Crippen molar-refractivity contribution >= 4 is 5.91 Å². The minimum Gasteiger partial charge on any atom is -0.381 e. The van der Waals surface area contributed by atoms with E-state index in [9.17, 15) is 4.79 Å². The molecule has 3 rings (SSSR count). The number of amides is 1. The maximum Gasteiger partial charge on any atom is 0.223 e. The van der Waals surface area contributed by atoms with Crippen molar-refractivity contribution < 1.29 is 9.53 Å². The monoisotopic (exact) mass is 279 g/mol. The van der Waals surface area contributed by atoms with E-state index in [-0.39, 0.29) is 0 Å². The van der Waals surface area contributed by atoms with E-state index in [4.69, 9.17) is 4.74 Å². The van der Waals surface area contributed by atoms with E-state index in [0.29, 0.717) is 28.7 Å². The fraction of sp³-hybridized carbons (Fsp3) is 0.941. The summed E-state index contributed by atoms with van der Waals surface area (Å²) in [7, 11) is 0. The van der Waals surface area contributed by atoms with Gasteiger partial charge in [-0.1, -0.05) is 20.8 Å². The normalized spacial score (nSPS) is 37.1. The molecular weight excluding hydrogens is 250 g/mol. The van der Waals surface area contributed by atoms with Gasteiger partial charge in [0, 0.05) is 32.2 Å². The zero-order valence-corrected chi connectivity index (χ0v) is 13.3. The highest BCUT2D eigenvalue weighted by Gasteiger charge is 2.50. The number of rotatable bonds is 2. The molecule has 0 N–H and O–H groups in total. The minimum atomic E-state index is 0.359. The third kappa shape index (κ3) is 2.88. The van der Waals surface area contributed by atoms with Crippen LogP contribution in [0, 0.1) is 16.7 Å². The van der Waals surface area contributed by atoms with E-state index >= 15 is 0 Å². The first-order valence-corrected chi connectivity index (χ1v) is 8.24. The Balaban J connectivity index is 1.64. The Hall–Kier alpha value is -0.570. The van der Waals surface area contributed by atoms with Crippen molar-refractivity contribution in [3.63, 3.8) is 0 Å². The second-order valence-electron chi connectivity index (χ2n) is 8.50. The van der Waals surface area contributed by atoms with Crippen LogP contribution in [0.3, 0.4) is 0 Å². The molecule has 3 fully saturated rings. The molecule has 1 amide bonds. The number of carbonyl (C=O) groups is 1. The molecule has 0 radical (unpaired) electrons. The van der Waals surface area contributed by atoms with Gasteiger partial charge in [-0.05, 0) is 48.9 Å². The van der Waals surface area contributed by atoms with Gasteiger partial charge < -0.3 is 9.64 Å². The Morgan fingerprint density at radius 1 is 1.20 bits per heavy atom. The van der Waals surface area contributed by atoms with Crippen LogP contribution >= 0.6 is 0 Å². The highest BCUT2D eigenvalue weighted by atomic mass is 16.5. The molecule has 3 nitrogen and oxygen atoms in total. The maximum atomic E-state index is 12.7. The first-order chi connectivity index (χ1) is 9.37. The van der Waals surface area contributed by atoms with Gasteiger partial charge in [0.15, 0.2) is 0 Å². The number of hydrogen-bond acceptors (Lipinski definition) is 2. The number of likely N-dealkylation sites (tertiary alicyclic amines) is 1. The minimum absolute atomic E-state index is 0.359. The molecule has 2 atom stereocenters. The van der Waals surface area contributed by atoms with Gasteiger partial charge in [-0.25, -0.2) is 0 Å². The molecule has 2 unspecified atom stereocenters. The van der Waals surface area contributed by atoms with Crippen molar-refractivity contribution in [2.24, 2.45) is 16.7 Å². The summed E-state index contributed by atoms with van der Waals surface area (Å²) in [5.74, 6) is 0.959. The average Bonchev–Trinajstić information content (AvgIpc) is 2.60. The van der Waals surface area contributed by atoms with Crippen molar-refractivity contribution in [3.8, 4) is 0 Å². The number of nitrogens with zero attached hydrogens (tertiary/aromatic N) is 1. The lowest BCUT2D eigenvalue weighted by Crippen LogP contribution is -2.38. The molecule has 0 aromatic carbocycles. The lowest BCUT2D eigenvalue weighted by atomic mass is 9.65. The largest absolute Gasteiger partial charge is 0.381 e. The Bertz CT molecular complexity index is 386. The van der Waals surface area contributed by atoms with Crippen molar-refractivity contribution in [2.75, 3.05) is 19.8 Å². The summed E-state index contributed by atoms with van der Waals surface area (Å²) in [5, 5.41) is 0. The van der Waals surface area contributed by atoms with E-state index in [1.807, 2.05) is 0 Å². The predicted octanol–water partition coefficient (Wildman–Crippen LogP) is 3.23. The summed E-state index contributed by atoms with van der Waals surface area (Å²) in [5.41, 5.74) is 0.753. The lowest BCUT2D eigenvalue weighted by molar-refractivity contribution is -0.134. The molecule has 0 spiro atoms. The molecule has 2 bridgehead atoms. The quantitative estimate of drug-likeness (QED) is 0.776. The molecule has 0 aromatic heterocycles. The Labute approximate surface area is 123 Å². The van der Waals surface area contributed by atoms with Crippen LogP contribution in [0.25, 0.3) is 0 Å². The third-order valence-corrected chi connectivity index (χ3v) is 5.54. The van der Waals surface area contributed by atoms with Gasteiger partial charge in [0.1, 0.15) is 0 Å². The maximum absolute atomic E-state index is 12.7. The summed E-state index contributed by atoms with van der Waals surface area (Å²) in [6.45, 7) is 9.78. The van der Waals surface area contributed by atoms with Gasteiger partial charge in [-0.2, -0.15) is 0 Å². The average molecular weight is 279 g/mol. The second-order valence-corrected chi connectivity index (χ2v) is 8.50. The van der Waals surface area contributed by atoms with Gasteiger partial charge in [-0.15, -0.1) is 0 Å². The molecule has 2 saturated heterocycles. The molecule has 20 heavy (non-hydrogen) atoms. The van der Waals surface area contributed by atoms with E-state index in [1.165, 1.54) is 19.3 Å². The third-order valence-electron chi connectivity index (χ3n) is 5.54. The molecule has 114 valence electrons. The highest BCUT2D eigenvalue weighted by Crippen LogP contribution is 2.52. The summed E-state index contributed by atoms with van der Waals surface area (Å²) < 4.78 is 5.39. The summed E-state index contributed by atoms with van der Waals surface area (Å²) in [4.78, 5) is 14.9. The molecule has 3 heteroatoms. The number of fused-ring (bicyclic) bond motifs is 2. The van der Waals surface area contributed by atoms with Gasteiger partial charge in [0.05, 0.1) is 0 Å². The fourth-order valence-electron chi connectivity index (χ4n) is 5.07. The Kier molecular flexibility index (Phi) is 3.60. The predicted molar refractivity (Wildman–Crippen MR) is 79.4 cm³/mol. The van der Waals surface area contributed by atoms with Crippen LogP contribution in [-0.4, -0.2) is 36.6 Å². The van der Waals surface area contributed by atoms with Crippen LogP contribution in [0.15, 0.2) is 0 Å². The van der Waals surface area contributed by atoms with E-state index < -0.39 is 0 Å². The van der Waals surface area contributed by atoms with E-state index in [1.54, 1.807) is 0 Å². The zero-order valence-electron chi connectivity index (χ0n) is 13.3. The molecule has 3 aliphatic rings. The SMILES string of the molecule is CC1(C)CC2CC(C)(CN2C(=O)CC2CCOCC2)C1. The standard InChI is InChI=1S/C17H29NO2/c1-16(2)9-14-10-17(3,11-16)12-18(14)15(19)8-13-4-6-20-7-5-13/h13-14H,4-12H2,1-3H3. The number of hydrogen-bond donors (Lipinski definition) is 0. The van der Waals surface area contributed by atoms with E-state index in [0.717, 1.165) is 39.0 Å². The molecule has 1 aliphatic carbocycles. The van der Waals surface area contributed by atoms with Gasteiger partial charge in [0.25, 0.3) is 0 Å². The van der Waals surface area contributed by atoms with Crippen LogP contribution in [0.5, 0.6) is 0 Å². The van der Waals surface area contributed by atoms with Gasteiger partial charge in [-0.3, -0.25) is 4.79 Å². The summed E-state index contributed by atoms with van der Waals surface area (Å²) >= 11 is 0. The Morgan fingerprint density at radius 3 is 2.60 bits per heavy atom. The van der Waals surface area contributed by atoms with Crippen molar-refractivity contribution in [3.05, 3.63) is 0 Å². The Morgan fingerprint density at radius 2 is 1.90 bits per heavy atom. The summed E-state index contributed by atoms with van der Waals surface area (Å²) in [6.07, 6.45) is 6.53.